The number of nitrogens with one attached hydrogen (secondary N) is 2. The van der Waals surface area contributed by atoms with Gasteiger partial charge in [0.1, 0.15) is 5.75 Å². The van der Waals surface area contributed by atoms with Crippen molar-refractivity contribution < 1.29 is 85.0 Å². The summed E-state index contributed by atoms with van der Waals surface area (Å²) in [7, 11) is -14.7. The van der Waals surface area contributed by atoms with Crippen molar-refractivity contribution in [1.82, 2.24) is 15.0 Å². The van der Waals surface area contributed by atoms with Crippen LogP contribution in [0.25, 0.3) is 55.9 Å². The number of para-hydroxylation sites is 2. The highest BCUT2D eigenvalue weighted by molar-refractivity contribution is 8.03. The number of nitrogens with zero attached hydrogens (tertiary/aromatic N) is 8. The summed E-state index contributed by atoms with van der Waals surface area (Å²) in [5.41, 5.74) is 12.6. The van der Waals surface area contributed by atoms with E-state index in [0.717, 1.165) is 70.6 Å². The van der Waals surface area contributed by atoms with Gasteiger partial charge >= 0.3 is 11.8 Å². The zero-order chi connectivity index (χ0) is 73.8. The van der Waals surface area contributed by atoms with Crippen LogP contribution < -0.4 is 39.5 Å². The predicted molar refractivity (Wildman–Crippen MR) is 396 cm³/mol. The van der Waals surface area contributed by atoms with Gasteiger partial charge in [-0.1, -0.05) is 86.3 Å². The average molecular weight is 1500 g/mol. The maximum atomic E-state index is 11.7. The lowest BCUT2D eigenvalue weighted by Gasteiger charge is -2.21. The molecule has 0 aliphatic carbocycles. The molecule has 2 aliphatic heterocycles. The summed E-state index contributed by atoms with van der Waals surface area (Å²) in [4.78, 5) is 18.4. The van der Waals surface area contributed by atoms with Gasteiger partial charge in [0.25, 0.3) is 63.4 Å². The molecule has 11 rings (SSSR count). The number of oxazole rings is 2. The van der Waals surface area contributed by atoms with Crippen LogP contribution in [0.4, 0.5) is 29.2 Å². The maximum Gasteiger partial charge on any atom is 0.374 e. The molecule has 9 aromatic rings. The van der Waals surface area contributed by atoms with Crippen molar-refractivity contribution in [3.8, 4) is 5.75 Å². The highest BCUT2D eigenvalue weighted by Crippen LogP contribution is 2.48. The lowest BCUT2D eigenvalue weighted by molar-refractivity contribution is -0.677. The van der Waals surface area contributed by atoms with Gasteiger partial charge in [0.05, 0.1) is 50.2 Å². The van der Waals surface area contributed by atoms with E-state index in [-0.39, 0.29) is 37.0 Å². The molecule has 0 radical (unpaired) electrons. The smallest absolute Gasteiger partial charge is 0.374 e. The number of thioether (sulfide) groups is 1. The Morgan fingerprint density at radius 1 is 0.608 bits per heavy atom. The van der Waals surface area contributed by atoms with Crippen LogP contribution in [0.15, 0.2) is 157 Å². The summed E-state index contributed by atoms with van der Waals surface area (Å²) >= 11 is 1.64. The third kappa shape index (κ3) is 20.0. The molecule has 0 fully saturated rings. The van der Waals surface area contributed by atoms with Crippen molar-refractivity contribution in [1.29, 1.82) is 0 Å². The first kappa shape index (κ1) is 77.6. The number of hydrogen-bond donors (Lipinski definition) is 8. The second-order valence-electron chi connectivity index (χ2n) is 24.7. The number of rotatable bonds is 28. The first-order chi connectivity index (χ1) is 48.4. The molecule has 32 heteroatoms. The predicted octanol–water partition coefficient (Wildman–Crippen LogP) is 12.7. The van der Waals surface area contributed by atoms with Gasteiger partial charge in [-0.15, -0.1) is 0 Å². The number of unbranched alkanes of at least 4 members (excludes halogenated alkanes) is 1. The van der Waals surface area contributed by atoms with Crippen molar-refractivity contribution in [2.24, 2.45) is 0 Å². The quantitative estimate of drug-likeness (QED) is 0.00977. The average Bonchev–Trinajstić information content (AvgIpc) is 1.61. The lowest BCUT2D eigenvalue weighted by atomic mass is 10.1. The third-order valence-corrected chi connectivity index (χ3v) is 22.6. The fraction of sp³-hybridized carbons (Fsp3) is 0.357. The number of fused-ring (bicyclic) bond motifs is 7. The SMILES string of the molecule is CCC(/C=C1\Oc2cc3ccccc3cc2N1CCCC(C)S(=O)(=O)O)=C\c1oc2ccc3ccccc3c2[n+]1CCCC(C)S(=O)(=O)O.CCC(/C=C1\Sc2cc(C)c(C)cc2N1CCCCS(=O)(=O)O)=C\c1oc2ccccc2[n+]1CCS(=O)(=O)O.CCN(C)c1nc(NO)nc(NO)n1. The number of allylic oxidation sites excluding steroid dienone is 4. The van der Waals surface area contributed by atoms with Crippen molar-refractivity contribution in [3.05, 3.63) is 166 Å². The van der Waals surface area contributed by atoms with Gasteiger partial charge in [-0.3, -0.25) is 28.6 Å². The fourth-order valence-electron chi connectivity index (χ4n) is 11.4. The van der Waals surface area contributed by atoms with E-state index in [2.05, 4.69) is 62.5 Å². The molecule has 2 atom stereocenters. The number of ether oxygens (including phenoxy) is 1. The molecule has 5 heterocycles. The minimum Gasteiger partial charge on any atom is -0.439 e. The van der Waals surface area contributed by atoms with Gasteiger partial charge in [-0.25, -0.2) is 11.0 Å². The van der Waals surface area contributed by atoms with Crippen LogP contribution in [0.3, 0.4) is 0 Å². The van der Waals surface area contributed by atoms with E-state index in [9.17, 15) is 47.3 Å². The summed E-state index contributed by atoms with van der Waals surface area (Å²) in [5, 5.41) is 20.6. The standard InChI is InChI=1S/C37H40N2O8S2.C27H32N2O7S3.C6H12N6O2/c1-4-27(21-35-38(19-9-11-25(2)48(40,41)42)32-23-29-14-5-6-15-30(29)24-34(32)47-35)22-36-39(20-10-12-26(3)49(43,44)45)37-31-16-8-7-13-28(31)17-18-33(37)46-36;1-4-21(17-26-28(12-14-39(33,34)35)22-9-5-6-10-24(22)36-26)18-27-29(11-7-8-13-38(30,31)32)23-15-19(2)20(3)16-25(23)37-27;1-3-12(2)6-8-4(10-13)7-5(9-6)11-14/h5-8,13-18,21-26H,4,9-12,19-20H2,1-3H3,(H-,40,41,42,43,44,45);5-6,9-10,15-18H,4,7-8,11-14H2,1-3H3,(H-,30,31,32,33,34,35);13-14H,3H2,1-2H3,(H2,7,8,9,10,11)/p+2. The van der Waals surface area contributed by atoms with E-state index in [4.69, 9.17) is 28.5 Å². The van der Waals surface area contributed by atoms with E-state index < -0.39 is 56.7 Å². The zero-order valence-electron chi connectivity index (χ0n) is 57.8. The first-order valence-corrected chi connectivity index (χ1v) is 40.2. The Hall–Kier alpha value is -8.54. The molecular weight excluding hydrogens is 1410 g/mol. The molecular formula is C70H86N10O17S5+2. The molecule has 102 heavy (non-hydrogen) atoms. The summed E-state index contributed by atoms with van der Waals surface area (Å²) < 4.78 is 152. The minimum atomic E-state index is -4.16. The second kappa shape index (κ2) is 33.7. The molecule has 0 saturated heterocycles. The Balaban J connectivity index is 0.000000203. The highest BCUT2D eigenvalue weighted by atomic mass is 32.2. The molecule has 27 nitrogen and oxygen atoms in total. The lowest BCUT2D eigenvalue weighted by Crippen LogP contribution is -2.38. The van der Waals surface area contributed by atoms with Crippen LogP contribution in [0.2, 0.25) is 0 Å². The van der Waals surface area contributed by atoms with E-state index in [1.54, 1.807) is 39.2 Å². The highest BCUT2D eigenvalue weighted by Gasteiger charge is 2.32. The monoisotopic (exact) mass is 1500 g/mol. The van der Waals surface area contributed by atoms with Crippen LogP contribution in [-0.4, -0.2) is 126 Å². The van der Waals surface area contributed by atoms with Crippen LogP contribution in [-0.2, 0) is 53.6 Å². The van der Waals surface area contributed by atoms with Gasteiger partial charge in [0.2, 0.25) is 23.0 Å². The number of anilines is 5. The molecule has 2 aliphatic rings. The van der Waals surface area contributed by atoms with Crippen molar-refractivity contribution in [3.63, 3.8) is 0 Å². The number of aromatic nitrogens is 5. The summed E-state index contributed by atoms with van der Waals surface area (Å²) in [6, 6.07) is 35.7. The summed E-state index contributed by atoms with van der Waals surface area (Å²) in [6.45, 7) is 15.4. The molecule has 0 saturated carbocycles. The second-order valence-corrected chi connectivity index (χ2v) is 32.6. The molecule has 0 spiro atoms. The van der Waals surface area contributed by atoms with Crippen molar-refractivity contribution >= 4 is 137 Å². The number of aryl methyl sites for hydroxylation is 4. The Labute approximate surface area is 597 Å². The number of hydrogen-bond acceptors (Lipinski definition) is 22. The van der Waals surface area contributed by atoms with Crippen LogP contribution in [0.5, 0.6) is 5.75 Å². The summed E-state index contributed by atoms with van der Waals surface area (Å²) in [5.74, 6) is 1.91. The molecule has 546 valence electrons. The molecule has 0 bridgehead atoms. The van der Waals surface area contributed by atoms with Gasteiger partial charge in [0, 0.05) is 50.1 Å². The Kier molecular flexibility index (Phi) is 25.7. The zero-order valence-corrected chi connectivity index (χ0v) is 61.8. The largest absolute Gasteiger partial charge is 0.439 e. The van der Waals surface area contributed by atoms with Gasteiger partial charge in [0.15, 0.2) is 18.8 Å². The first-order valence-electron chi connectivity index (χ1n) is 33.1. The molecule has 3 aromatic heterocycles. The van der Waals surface area contributed by atoms with Crippen LogP contribution >= 0.6 is 11.8 Å². The van der Waals surface area contributed by atoms with Gasteiger partial charge < -0.3 is 28.3 Å². The fourth-order valence-corrected chi connectivity index (χ4v) is 14.6. The summed E-state index contributed by atoms with van der Waals surface area (Å²) in [6.07, 6.45) is 11.7. The van der Waals surface area contributed by atoms with E-state index in [1.165, 1.54) is 19.4 Å². The molecule has 2 unspecified atom stereocenters. The minimum absolute atomic E-state index is 0.0353. The number of benzene rings is 6. The van der Waals surface area contributed by atoms with Gasteiger partial charge in [-0.2, -0.15) is 57.8 Å². The van der Waals surface area contributed by atoms with E-state index >= 15 is 0 Å². The van der Waals surface area contributed by atoms with E-state index in [1.807, 2.05) is 135 Å². The molecule has 8 N–H and O–H groups in total. The Morgan fingerprint density at radius 3 is 1.80 bits per heavy atom. The Bertz CT molecular complexity index is 5120. The molecule has 0 amide bonds. The van der Waals surface area contributed by atoms with Crippen LogP contribution in [0.1, 0.15) is 109 Å². The Morgan fingerprint density at radius 2 is 1.18 bits per heavy atom. The van der Waals surface area contributed by atoms with Crippen LogP contribution in [0, 0.1) is 13.8 Å². The normalized spacial score (nSPS) is 15.0. The van der Waals surface area contributed by atoms with Crippen molar-refractivity contribution in [2.45, 2.75) is 128 Å². The molecule has 6 aromatic carbocycles. The topological polar surface area (TPSA) is 374 Å². The maximum absolute atomic E-state index is 11.7. The third-order valence-electron chi connectivity index (χ3n) is 17.5. The van der Waals surface area contributed by atoms with E-state index in [0.29, 0.717) is 105 Å². The van der Waals surface area contributed by atoms with Gasteiger partial charge in [-0.05, 0) is 167 Å². The van der Waals surface area contributed by atoms with Crippen molar-refractivity contribution in [2.75, 3.05) is 63.8 Å².